The van der Waals surface area contributed by atoms with Gasteiger partial charge in [-0.05, 0) is 67.7 Å². The van der Waals surface area contributed by atoms with E-state index in [1.807, 2.05) is 32.3 Å². The Hall–Kier alpha value is -2.99. The Morgan fingerprint density at radius 3 is 2.46 bits per heavy atom. The summed E-state index contributed by atoms with van der Waals surface area (Å²) in [6.07, 6.45) is 1.83. The summed E-state index contributed by atoms with van der Waals surface area (Å²) in [4.78, 5) is 4.39. The Labute approximate surface area is 155 Å². The van der Waals surface area contributed by atoms with E-state index in [2.05, 4.69) is 32.3 Å². The van der Waals surface area contributed by atoms with Gasteiger partial charge in [-0.1, -0.05) is 0 Å². The second kappa shape index (κ2) is 6.38. The number of anilines is 2. The Balaban J connectivity index is 1.65. The number of halogens is 1. The third kappa shape index (κ3) is 2.88. The highest BCUT2D eigenvalue weighted by atomic mass is 32.1. The fourth-order valence-corrected chi connectivity index (χ4v) is 3.50. The maximum absolute atomic E-state index is 13.0. The molecule has 0 aliphatic rings. The molecule has 2 aromatic carbocycles. The number of hydrogen-bond donors (Lipinski definition) is 2. The number of hydrogen-bond acceptors (Lipinski definition) is 2. The first-order valence-corrected chi connectivity index (χ1v) is 8.61. The van der Waals surface area contributed by atoms with Crippen molar-refractivity contribution in [1.29, 1.82) is 0 Å². The maximum Gasteiger partial charge on any atom is 0.175 e. The zero-order valence-corrected chi connectivity index (χ0v) is 15.2. The van der Waals surface area contributed by atoms with Crippen molar-refractivity contribution >= 4 is 50.5 Å². The van der Waals surface area contributed by atoms with E-state index >= 15 is 0 Å². The van der Waals surface area contributed by atoms with E-state index in [0.29, 0.717) is 5.11 Å². The quantitative estimate of drug-likeness (QED) is 0.492. The highest BCUT2D eigenvalue weighted by Gasteiger charge is 2.11. The molecule has 0 saturated carbocycles. The molecule has 0 atom stereocenters. The van der Waals surface area contributed by atoms with Gasteiger partial charge in [-0.15, -0.1) is 0 Å². The van der Waals surface area contributed by atoms with Crippen molar-refractivity contribution in [2.24, 2.45) is 7.05 Å². The summed E-state index contributed by atoms with van der Waals surface area (Å²) >= 11 is 5.36. The highest BCUT2D eigenvalue weighted by Crippen LogP contribution is 2.31. The summed E-state index contributed by atoms with van der Waals surface area (Å²) in [6.45, 7) is 2.02. The standard InChI is InChI=1S/C20H17FN4S/c1-12-19-16(9-10-22-12)17-11-15(7-8-18(17)25(19)2)24-20(26)23-14-5-3-13(21)4-6-14/h3-11H,1-2H3,(H2,23,24,26). The molecule has 0 bridgehead atoms. The van der Waals surface area contributed by atoms with E-state index in [0.717, 1.165) is 38.9 Å². The van der Waals surface area contributed by atoms with E-state index in [1.54, 1.807) is 12.1 Å². The van der Waals surface area contributed by atoms with Crippen LogP contribution in [0.4, 0.5) is 15.8 Å². The molecule has 0 saturated heterocycles. The average molecular weight is 364 g/mol. The number of nitrogens with one attached hydrogen (secondary N) is 2. The van der Waals surface area contributed by atoms with Crippen LogP contribution >= 0.6 is 12.2 Å². The van der Waals surface area contributed by atoms with Crippen LogP contribution in [0.25, 0.3) is 21.8 Å². The van der Waals surface area contributed by atoms with E-state index < -0.39 is 0 Å². The van der Waals surface area contributed by atoms with Gasteiger partial charge < -0.3 is 15.2 Å². The first-order valence-electron chi connectivity index (χ1n) is 8.20. The van der Waals surface area contributed by atoms with Gasteiger partial charge in [0.2, 0.25) is 0 Å². The van der Waals surface area contributed by atoms with Gasteiger partial charge in [-0.2, -0.15) is 0 Å². The Morgan fingerprint density at radius 1 is 1.00 bits per heavy atom. The van der Waals surface area contributed by atoms with Crippen molar-refractivity contribution in [1.82, 2.24) is 9.55 Å². The van der Waals surface area contributed by atoms with E-state index in [-0.39, 0.29) is 5.82 Å². The second-order valence-corrected chi connectivity index (χ2v) is 6.58. The fourth-order valence-electron chi connectivity index (χ4n) is 3.27. The summed E-state index contributed by atoms with van der Waals surface area (Å²) in [6, 6.07) is 14.2. The van der Waals surface area contributed by atoms with Crippen LogP contribution in [0.15, 0.2) is 54.7 Å². The van der Waals surface area contributed by atoms with Crippen LogP contribution in [0, 0.1) is 12.7 Å². The summed E-state index contributed by atoms with van der Waals surface area (Å²) in [7, 11) is 2.05. The molecule has 6 heteroatoms. The minimum atomic E-state index is -0.277. The topological polar surface area (TPSA) is 41.9 Å². The summed E-state index contributed by atoms with van der Waals surface area (Å²) < 4.78 is 15.2. The van der Waals surface area contributed by atoms with Crippen LogP contribution in [0.1, 0.15) is 5.69 Å². The molecule has 0 fully saturated rings. The summed E-state index contributed by atoms with van der Waals surface area (Å²) in [5, 5.41) is 9.00. The maximum atomic E-state index is 13.0. The van der Waals surface area contributed by atoms with E-state index in [9.17, 15) is 4.39 Å². The third-order valence-corrected chi connectivity index (χ3v) is 4.65. The predicted octanol–water partition coefficient (Wildman–Crippen LogP) is 4.98. The smallest absolute Gasteiger partial charge is 0.175 e. The molecule has 0 aliphatic heterocycles. The molecule has 0 amide bonds. The van der Waals surface area contributed by atoms with Crippen LogP contribution < -0.4 is 10.6 Å². The Kier molecular flexibility index (Phi) is 4.05. The molecule has 2 aromatic heterocycles. The molecule has 4 nitrogen and oxygen atoms in total. The largest absolute Gasteiger partial charge is 0.342 e. The number of pyridine rings is 1. The molecule has 26 heavy (non-hydrogen) atoms. The molecule has 2 heterocycles. The van der Waals surface area contributed by atoms with Gasteiger partial charge in [0.25, 0.3) is 0 Å². The molecule has 4 aromatic rings. The van der Waals surface area contributed by atoms with E-state index in [4.69, 9.17) is 12.2 Å². The van der Waals surface area contributed by atoms with Crippen molar-refractivity contribution in [2.75, 3.05) is 10.6 Å². The van der Waals surface area contributed by atoms with Gasteiger partial charge in [0.1, 0.15) is 5.82 Å². The van der Waals surface area contributed by atoms with Gasteiger partial charge >= 0.3 is 0 Å². The zero-order chi connectivity index (χ0) is 18.3. The monoisotopic (exact) mass is 364 g/mol. The third-order valence-electron chi connectivity index (χ3n) is 4.45. The van der Waals surface area contributed by atoms with Gasteiger partial charge in [-0.3, -0.25) is 4.98 Å². The lowest BCUT2D eigenvalue weighted by atomic mass is 10.1. The lowest BCUT2D eigenvalue weighted by Crippen LogP contribution is -2.18. The van der Waals surface area contributed by atoms with Crippen LogP contribution in [0.2, 0.25) is 0 Å². The minimum Gasteiger partial charge on any atom is -0.342 e. The van der Waals surface area contributed by atoms with Gasteiger partial charge in [-0.25, -0.2) is 4.39 Å². The van der Waals surface area contributed by atoms with Crippen LogP contribution in [-0.2, 0) is 7.05 Å². The van der Waals surface area contributed by atoms with Crippen molar-refractivity contribution in [3.05, 3.63) is 66.2 Å². The number of thiocarbonyl (C=S) groups is 1. The van der Waals surface area contributed by atoms with Crippen LogP contribution in [0.5, 0.6) is 0 Å². The molecular weight excluding hydrogens is 347 g/mol. The first-order chi connectivity index (χ1) is 12.5. The van der Waals surface area contributed by atoms with Crippen LogP contribution in [-0.4, -0.2) is 14.7 Å². The minimum absolute atomic E-state index is 0.277. The number of aromatic nitrogens is 2. The SMILES string of the molecule is Cc1nccc2c3cc(NC(=S)Nc4ccc(F)cc4)ccc3n(C)c12. The molecule has 0 radical (unpaired) electrons. The molecule has 130 valence electrons. The number of nitrogens with zero attached hydrogens (tertiary/aromatic N) is 2. The zero-order valence-electron chi connectivity index (χ0n) is 14.4. The normalized spacial score (nSPS) is 11.0. The first kappa shape index (κ1) is 16.5. The molecule has 4 rings (SSSR count). The molecule has 2 N–H and O–H groups in total. The summed E-state index contributed by atoms with van der Waals surface area (Å²) in [5.74, 6) is -0.277. The van der Waals surface area contributed by atoms with Crippen molar-refractivity contribution in [3.8, 4) is 0 Å². The van der Waals surface area contributed by atoms with Crippen molar-refractivity contribution in [3.63, 3.8) is 0 Å². The average Bonchev–Trinajstić information content (AvgIpc) is 2.90. The Morgan fingerprint density at radius 2 is 1.69 bits per heavy atom. The number of fused-ring (bicyclic) bond motifs is 3. The van der Waals surface area contributed by atoms with Crippen molar-refractivity contribution < 1.29 is 4.39 Å². The number of benzene rings is 2. The molecule has 0 unspecified atom stereocenters. The lowest BCUT2D eigenvalue weighted by Gasteiger charge is -2.11. The second-order valence-electron chi connectivity index (χ2n) is 6.17. The van der Waals surface area contributed by atoms with Gasteiger partial charge in [0, 0.05) is 40.9 Å². The van der Waals surface area contributed by atoms with Gasteiger partial charge in [0.15, 0.2) is 5.11 Å². The van der Waals surface area contributed by atoms with Gasteiger partial charge in [0.05, 0.1) is 11.2 Å². The summed E-state index contributed by atoms with van der Waals surface area (Å²) in [5.41, 5.74) is 4.89. The fraction of sp³-hybridized carbons (Fsp3) is 0.100. The highest BCUT2D eigenvalue weighted by molar-refractivity contribution is 7.80. The molecular formula is C20H17FN4S. The van der Waals surface area contributed by atoms with Crippen molar-refractivity contribution in [2.45, 2.75) is 6.92 Å². The van der Waals surface area contributed by atoms with Crippen LogP contribution in [0.3, 0.4) is 0 Å². The predicted molar refractivity (Wildman–Crippen MR) is 109 cm³/mol. The number of aryl methyl sites for hydroxylation is 2. The molecule has 0 spiro atoms. The number of rotatable bonds is 2. The lowest BCUT2D eigenvalue weighted by molar-refractivity contribution is 0.628. The molecule has 0 aliphatic carbocycles. The Bertz CT molecular complexity index is 1130. The van der Waals surface area contributed by atoms with E-state index in [1.165, 1.54) is 12.1 Å².